The Bertz CT molecular complexity index is 945. The van der Waals surface area contributed by atoms with Crippen molar-refractivity contribution >= 4 is 39.1 Å². The van der Waals surface area contributed by atoms with Crippen LogP contribution in [0.15, 0.2) is 30.3 Å². The summed E-state index contributed by atoms with van der Waals surface area (Å²) in [5.41, 5.74) is 1.84. The lowest BCUT2D eigenvalue weighted by Gasteiger charge is -2.30. The van der Waals surface area contributed by atoms with Crippen molar-refractivity contribution in [3.05, 3.63) is 45.9 Å². The molecule has 0 radical (unpaired) electrons. The number of thiophene rings is 1. The molecular weight excluding hydrogens is 354 g/mol. The molecule has 1 unspecified atom stereocenters. The van der Waals surface area contributed by atoms with Gasteiger partial charge in [-0.05, 0) is 49.9 Å². The van der Waals surface area contributed by atoms with E-state index in [2.05, 4.69) is 12.0 Å². The van der Waals surface area contributed by atoms with Gasteiger partial charge in [0.25, 0.3) is 5.91 Å². The van der Waals surface area contributed by atoms with Gasteiger partial charge >= 0.3 is 0 Å². The van der Waals surface area contributed by atoms with Gasteiger partial charge in [-0.1, -0.05) is 24.6 Å². The van der Waals surface area contributed by atoms with Crippen molar-refractivity contribution in [2.24, 2.45) is 5.92 Å². The molecule has 1 fully saturated rings. The number of likely N-dealkylation sites (tertiary alicyclic amines) is 1. The Morgan fingerprint density at radius 2 is 2.20 bits per heavy atom. The first kappa shape index (κ1) is 16.6. The fourth-order valence-corrected chi connectivity index (χ4v) is 4.80. The zero-order chi connectivity index (χ0) is 17.6. The Labute approximate surface area is 156 Å². The molecule has 3 heterocycles. The molecule has 4 nitrogen and oxygen atoms in total. The van der Waals surface area contributed by atoms with Crippen molar-refractivity contribution in [1.82, 2.24) is 14.7 Å². The fraction of sp³-hybridized carbons (Fsp3) is 0.368. The van der Waals surface area contributed by atoms with Gasteiger partial charge in [0.1, 0.15) is 4.83 Å². The molecule has 1 aliphatic rings. The van der Waals surface area contributed by atoms with Gasteiger partial charge in [-0.15, -0.1) is 11.3 Å². The van der Waals surface area contributed by atoms with Crippen LogP contribution in [0.3, 0.4) is 0 Å². The smallest absolute Gasteiger partial charge is 0.264 e. The van der Waals surface area contributed by atoms with Crippen LogP contribution in [0.25, 0.3) is 15.9 Å². The third-order valence-corrected chi connectivity index (χ3v) is 6.09. The summed E-state index contributed by atoms with van der Waals surface area (Å²) in [6.45, 7) is 5.90. The van der Waals surface area contributed by atoms with E-state index in [1.165, 1.54) is 17.8 Å². The summed E-state index contributed by atoms with van der Waals surface area (Å²) in [5.74, 6) is 0.723. The Kier molecular flexibility index (Phi) is 4.29. The molecule has 25 heavy (non-hydrogen) atoms. The third-order valence-electron chi connectivity index (χ3n) is 4.75. The van der Waals surface area contributed by atoms with E-state index in [0.717, 1.165) is 46.0 Å². The number of hydrogen-bond donors (Lipinski definition) is 0. The standard InChI is InChI=1S/C19H20ClN3OS/c1-12-5-4-8-22(11-12)18(24)17-10-16-13(2)21-23(19(16)25-17)15-7-3-6-14(20)9-15/h3,6-7,9-10,12H,4-5,8,11H2,1-2H3. The number of carbonyl (C=O) groups excluding carboxylic acids is 1. The van der Waals surface area contributed by atoms with Crippen LogP contribution in [-0.4, -0.2) is 33.7 Å². The number of aryl methyl sites for hydroxylation is 1. The minimum absolute atomic E-state index is 0.143. The Balaban J connectivity index is 1.73. The highest BCUT2D eigenvalue weighted by Crippen LogP contribution is 2.32. The zero-order valence-corrected chi connectivity index (χ0v) is 15.9. The van der Waals surface area contributed by atoms with Gasteiger partial charge in [-0.25, -0.2) is 4.68 Å². The monoisotopic (exact) mass is 373 g/mol. The molecule has 0 bridgehead atoms. The normalized spacial score (nSPS) is 18.0. The average Bonchev–Trinajstić information content (AvgIpc) is 3.15. The van der Waals surface area contributed by atoms with Gasteiger partial charge in [0, 0.05) is 23.5 Å². The molecule has 130 valence electrons. The topological polar surface area (TPSA) is 38.1 Å². The maximum Gasteiger partial charge on any atom is 0.264 e. The van der Waals surface area contributed by atoms with Crippen LogP contribution in [0, 0.1) is 12.8 Å². The van der Waals surface area contributed by atoms with Crippen LogP contribution in [0.5, 0.6) is 0 Å². The fourth-order valence-electron chi connectivity index (χ4n) is 3.47. The average molecular weight is 374 g/mol. The third kappa shape index (κ3) is 3.07. The van der Waals surface area contributed by atoms with Crippen molar-refractivity contribution in [2.75, 3.05) is 13.1 Å². The van der Waals surface area contributed by atoms with Crippen LogP contribution in [0.4, 0.5) is 0 Å². The number of fused-ring (bicyclic) bond motifs is 1. The highest BCUT2D eigenvalue weighted by molar-refractivity contribution is 7.20. The maximum absolute atomic E-state index is 12.9. The first-order chi connectivity index (χ1) is 12.0. The van der Waals surface area contributed by atoms with Crippen molar-refractivity contribution < 1.29 is 4.79 Å². The number of benzene rings is 1. The number of amides is 1. The van der Waals surface area contributed by atoms with E-state index in [0.29, 0.717) is 10.9 Å². The number of aromatic nitrogens is 2. The van der Waals surface area contributed by atoms with E-state index in [9.17, 15) is 4.79 Å². The Morgan fingerprint density at radius 1 is 1.36 bits per heavy atom. The lowest BCUT2D eigenvalue weighted by molar-refractivity contribution is 0.0688. The predicted molar refractivity (Wildman–Crippen MR) is 103 cm³/mol. The molecule has 1 aliphatic heterocycles. The summed E-state index contributed by atoms with van der Waals surface area (Å²) in [5, 5.41) is 6.34. The van der Waals surface area contributed by atoms with Crippen LogP contribution in [0.2, 0.25) is 5.02 Å². The van der Waals surface area contributed by atoms with Crippen LogP contribution in [-0.2, 0) is 0 Å². The van der Waals surface area contributed by atoms with E-state index in [1.54, 1.807) is 0 Å². The zero-order valence-electron chi connectivity index (χ0n) is 14.3. The summed E-state index contributed by atoms with van der Waals surface area (Å²) in [6.07, 6.45) is 2.30. The minimum Gasteiger partial charge on any atom is -0.338 e. The summed E-state index contributed by atoms with van der Waals surface area (Å²) in [4.78, 5) is 16.7. The second kappa shape index (κ2) is 6.46. The predicted octanol–water partition coefficient (Wildman–Crippen LogP) is 4.92. The van der Waals surface area contributed by atoms with E-state index >= 15 is 0 Å². The summed E-state index contributed by atoms with van der Waals surface area (Å²) >= 11 is 7.64. The maximum atomic E-state index is 12.9. The first-order valence-corrected chi connectivity index (χ1v) is 9.77. The Hall–Kier alpha value is -1.85. The van der Waals surface area contributed by atoms with Crippen LogP contribution >= 0.6 is 22.9 Å². The first-order valence-electron chi connectivity index (χ1n) is 8.57. The highest BCUT2D eigenvalue weighted by Gasteiger charge is 2.25. The molecule has 1 atom stereocenters. The van der Waals surface area contributed by atoms with Gasteiger partial charge in [0.2, 0.25) is 0 Å². The van der Waals surface area contributed by atoms with Crippen molar-refractivity contribution in [3.8, 4) is 5.69 Å². The lowest BCUT2D eigenvalue weighted by Crippen LogP contribution is -2.38. The van der Waals surface area contributed by atoms with Crippen LogP contribution < -0.4 is 0 Å². The number of hydrogen-bond acceptors (Lipinski definition) is 3. The molecule has 0 saturated carbocycles. The molecule has 3 aromatic rings. The molecule has 6 heteroatoms. The highest BCUT2D eigenvalue weighted by atomic mass is 35.5. The van der Waals surface area contributed by atoms with Gasteiger partial charge in [0.05, 0.1) is 16.3 Å². The van der Waals surface area contributed by atoms with Gasteiger partial charge < -0.3 is 4.90 Å². The number of halogens is 1. The second-order valence-electron chi connectivity index (χ2n) is 6.81. The molecule has 0 aliphatic carbocycles. The summed E-state index contributed by atoms with van der Waals surface area (Å²) < 4.78 is 1.89. The molecule has 2 aromatic heterocycles. The molecular formula is C19H20ClN3OS. The van der Waals surface area contributed by atoms with E-state index in [1.807, 2.05) is 46.8 Å². The van der Waals surface area contributed by atoms with Gasteiger partial charge in [0.15, 0.2) is 0 Å². The second-order valence-corrected chi connectivity index (χ2v) is 8.27. The van der Waals surface area contributed by atoms with Gasteiger partial charge in [-0.2, -0.15) is 5.10 Å². The minimum atomic E-state index is 0.143. The van der Waals surface area contributed by atoms with Crippen molar-refractivity contribution in [3.63, 3.8) is 0 Å². The summed E-state index contributed by atoms with van der Waals surface area (Å²) in [6, 6.07) is 9.62. The number of rotatable bonds is 2. The number of piperidine rings is 1. The molecule has 1 amide bonds. The van der Waals surface area contributed by atoms with Crippen molar-refractivity contribution in [2.45, 2.75) is 26.7 Å². The molecule has 4 rings (SSSR count). The van der Waals surface area contributed by atoms with E-state index in [4.69, 9.17) is 11.6 Å². The molecule has 1 saturated heterocycles. The molecule has 0 spiro atoms. The molecule has 1 aromatic carbocycles. The summed E-state index contributed by atoms with van der Waals surface area (Å²) in [7, 11) is 0. The SMILES string of the molecule is Cc1nn(-c2cccc(Cl)c2)c2sc(C(=O)N3CCCC(C)C3)cc12. The largest absolute Gasteiger partial charge is 0.338 e. The van der Waals surface area contributed by atoms with E-state index < -0.39 is 0 Å². The Morgan fingerprint density at radius 3 is 2.96 bits per heavy atom. The quantitative estimate of drug-likeness (QED) is 0.639. The lowest BCUT2D eigenvalue weighted by atomic mass is 10.0. The van der Waals surface area contributed by atoms with E-state index in [-0.39, 0.29) is 5.91 Å². The van der Waals surface area contributed by atoms with Gasteiger partial charge in [-0.3, -0.25) is 4.79 Å². The number of carbonyl (C=O) groups is 1. The van der Waals surface area contributed by atoms with Crippen LogP contribution in [0.1, 0.15) is 35.1 Å². The molecule has 0 N–H and O–H groups in total. The van der Waals surface area contributed by atoms with Crippen molar-refractivity contribution in [1.29, 1.82) is 0 Å². The number of nitrogens with zero attached hydrogens (tertiary/aromatic N) is 3.